The second kappa shape index (κ2) is 8.49. The van der Waals surface area contributed by atoms with E-state index < -0.39 is 5.67 Å². The molecule has 0 unspecified atom stereocenters. The SMILES string of the molecule is C[C@@H]1CN(CC(C)(C)F)CCN1C(=O)[C@@H]1CCCN1c1nc(N)n2nc(-c3ccco3)nc2n1. The normalized spacial score (nSPS) is 22.1. The zero-order chi connectivity index (χ0) is 24.0. The van der Waals surface area contributed by atoms with Crippen LogP contribution in [0.5, 0.6) is 0 Å². The number of furan rings is 1. The fraction of sp³-hybridized carbons (Fsp3) is 0.591. The van der Waals surface area contributed by atoms with Crippen molar-refractivity contribution in [2.24, 2.45) is 0 Å². The van der Waals surface area contributed by atoms with Crippen LogP contribution in [0, 0.1) is 0 Å². The minimum absolute atomic E-state index is 0.00753. The van der Waals surface area contributed by atoms with Crippen molar-refractivity contribution in [3.63, 3.8) is 0 Å². The van der Waals surface area contributed by atoms with Gasteiger partial charge in [-0.1, -0.05) is 0 Å². The van der Waals surface area contributed by atoms with E-state index in [1.807, 2.05) is 16.7 Å². The minimum atomic E-state index is -1.26. The Balaban J connectivity index is 1.35. The van der Waals surface area contributed by atoms with Crippen molar-refractivity contribution in [2.45, 2.75) is 51.4 Å². The van der Waals surface area contributed by atoms with Crippen LogP contribution in [-0.2, 0) is 4.79 Å². The summed E-state index contributed by atoms with van der Waals surface area (Å²) in [5, 5.41) is 4.33. The Bertz CT molecular complexity index is 1170. The largest absolute Gasteiger partial charge is 0.461 e. The van der Waals surface area contributed by atoms with E-state index in [0.29, 0.717) is 62.5 Å². The van der Waals surface area contributed by atoms with Crippen LogP contribution >= 0.6 is 0 Å². The smallest absolute Gasteiger partial charge is 0.259 e. The van der Waals surface area contributed by atoms with Gasteiger partial charge in [0.25, 0.3) is 5.78 Å². The molecule has 2 fully saturated rings. The molecule has 0 aromatic carbocycles. The monoisotopic (exact) mass is 471 g/mol. The van der Waals surface area contributed by atoms with Gasteiger partial charge in [-0.25, -0.2) is 4.39 Å². The zero-order valence-corrected chi connectivity index (χ0v) is 19.7. The summed E-state index contributed by atoms with van der Waals surface area (Å²) >= 11 is 0. The number of rotatable bonds is 5. The second-order valence-electron chi connectivity index (χ2n) is 9.69. The van der Waals surface area contributed by atoms with E-state index in [1.165, 1.54) is 4.52 Å². The van der Waals surface area contributed by atoms with E-state index in [1.54, 1.807) is 32.2 Å². The van der Waals surface area contributed by atoms with Gasteiger partial charge < -0.3 is 20.0 Å². The van der Waals surface area contributed by atoms with Crippen molar-refractivity contribution < 1.29 is 13.6 Å². The van der Waals surface area contributed by atoms with E-state index in [-0.39, 0.29) is 23.9 Å². The lowest BCUT2D eigenvalue weighted by molar-refractivity contribution is -0.137. The Labute approximate surface area is 196 Å². The van der Waals surface area contributed by atoms with E-state index >= 15 is 0 Å². The van der Waals surface area contributed by atoms with Crippen LogP contribution in [0.4, 0.5) is 16.3 Å². The van der Waals surface area contributed by atoms with Crippen molar-refractivity contribution in [3.8, 4) is 11.6 Å². The van der Waals surface area contributed by atoms with E-state index in [9.17, 15) is 9.18 Å². The number of carbonyl (C=O) groups is 1. The van der Waals surface area contributed by atoms with Gasteiger partial charge in [-0.15, -0.1) is 5.10 Å². The van der Waals surface area contributed by atoms with Crippen LogP contribution < -0.4 is 10.6 Å². The molecule has 0 radical (unpaired) electrons. The van der Waals surface area contributed by atoms with Crippen molar-refractivity contribution in [1.29, 1.82) is 0 Å². The van der Waals surface area contributed by atoms with E-state index in [2.05, 4.69) is 25.0 Å². The molecule has 5 heterocycles. The van der Waals surface area contributed by atoms with Crippen molar-refractivity contribution in [1.82, 2.24) is 34.4 Å². The van der Waals surface area contributed by atoms with Gasteiger partial charge in [0, 0.05) is 38.8 Å². The first-order chi connectivity index (χ1) is 16.2. The molecule has 3 aromatic heterocycles. The molecule has 11 nitrogen and oxygen atoms in total. The minimum Gasteiger partial charge on any atom is -0.461 e. The molecule has 34 heavy (non-hydrogen) atoms. The number of anilines is 2. The number of nitrogens with zero attached hydrogens (tertiary/aromatic N) is 8. The molecular weight excluding hydrogens is 441 g/mol. The third-order valence-electron chi connectivity index (χ3n) is 6.35. The standard InChI is InChI=1S/C22H30FN9O2/c1-14-12-29(13-22(2,3)23)9-10-30(14)18(33)15-6-4-8-31(15)20-26-19(24)32-21(27-20)25-17(28-32)16-7-5-11-34-16/h5,7,11,14-15H,4,6,8-10,12-13H2,1-3H3,(H2,24,25,26,27,28)/t14-,15+/m1/s1. The van der Waals surface area contributed by atoms with Crippen LogP contribution in [0.15, 0.2) is 22.8 Å². The fourth-order valence-electron chi connectivity index (χ4n) is 4.92. The Kier molecular flexibility index (Phi) is 5.62. The number of nitrogens with two attached hydrogens (primary N) is 1. The molecule has 12 heteroatoms. The molecule has 3 aromatic rings. The van der Waals surface area contributed by atoms with Gasteiger partial charge in [0.05, 0.1) is 6.26 Å². The molecule has 182 valence electrons. The fourth-order valence-corrected chi connectivity index (χ4v) is 4.92. The maximum absolute atomic E-state index is 14.1. The Morgan fingerprint density at radius 2 is 2.09 bits per heavy atom. The topological polar surface area (TPSA) is 122 Å². The van der Waals surface area contributed by atoms with Crippen LogP contribution in [0.2, 0.25) is 0 Å². The Hall–Kier alpha value is -3.28. The first kappa shape index (κ1) is 22.5. The average molecular weight is 472 g/mol. The number of alkyl halides is 1. The second-order valence-corrected chi connectivity index (χ2v) is 9.69. The Morgan fingerprint density at radius 3 is 2.79 bits per heavy atom. The molecule has 0 bridgehead atoms. The lowest BCUT2D eigenvalue weighted by Crippen LogP contribution is -2.59. The number of nitrogen functional groups attached to an aromatic ring is 1. The highest BCUT2D eigenvalue weighted by Gasteiger charge is 2.39. The van der Waals surface area contributed by atoms with Gasteiger partial charge in [-0.2, -0.15) is 19.5 Å². The Morgan fingerprint density at radius 1 is 1.26 bits per heavy atom. The third-order valence-corrected chi connectivity index (χ3v) is 6.35. The molecule has 5 rings (SSSR count). The number of hydrogen-bond donors (Lipinski definition) is 1. The average Bonchev–Trinajstić information content (AvgIpc) is 3.51. The first-order valence-corrected chi connectivity index (χ1v) is 11.6. The van der Waals surface area contributed by atoms with Crippen molar-refractivity contribution >= 4 is 23.6 Å². The summed E-state index contributed by atoms with van der Waals surface area (Å²) in [6, 6.07) is 3.12. The van der Waals surface area contributed by atoms with Gasteiger partial charge in [-0.05, 0) is 45.7 Å². The molecule has 0 spiro atoms. The highest BCUT2D eigenvalue weighted by Crippen LogP contribution is 2.27. The summed E-state index contributed by atoms with van der Waals surface area (Å²) in [5.41, 5.74) is 4.90. The van der Waals surface area contributed by atoms with Gasteiger partial charge in [0.2, 0.25) is 23.6 Å². The molecule has 0 saturated carbocycles. The van der Waals surface area contributed by atoms with Crippen molar-refractivity contribution in [2.75, 3.05) is 43.4 Å². The molecule has 2 atom stereocenters. The summed E-state index contributed by atoms with van der Waals surface area (Å²) in [6.07, 6.45) is 3.10. The summed E-state index contributed by atoms with van der Waals surface area (Å²) in [6.45, 7) is 8.07. The summed E-state index contributed by atoms with van der Waals surface area (Å²) in [4.78, 5) is 32.9. The van der Waals surface area contributed by atoms with Crippen LogP contribution in [-0.4, -0.2) is 90.7 Å². The van der Waals surface area contributed by atoms with Crippen molar-refractivity contribution in [3.05, 3.63) is 18.4 Å². The number of piperazine rings is 1. The molecule has 2 aliphatic heterocycles. The van der Waals surface area contributed by atoms with E-state index in [4.69, 9.17) is 10.2 Å². The quantitative estimate of drug-likeness (QED) is 0.591. The van der Waals surface area contributed by atoms with Crippen LogP contribution in [0.25, 0.3) is 17.4 Å². The number of amides is 1. The zero-order valence-electron chi connectivity index (χ0n) is 19.7. The van der Waals surface area contributed by atoms with Crippen LogP contribution in [0.1, 0.15) is 33.6 Å². The molecule has 1 amide bonds. The molecule has 2 aliphatic rings. The van der Waals surface area contributed by atoms with Gasteiger partial charge >= 0.3 is 0 Å². The highest BCUT2D eigenvalue weighted by molar-refractivity contribution is 5.86. The van der Waals surface area contributed by atoms with Crippen LogP contribution in [0.3, 0.4) is 0 Å². The number of fused-ring (bicyclic) bond motifs is 1. The highest BCUT2D eigenvalue weighted by atomic mass is 19.1. The summed E-state index contributed by atoms with van der Waals surface area (Å²) in [7, 11) is 0. The summed E-state index contributed by atoms with van der Waals surface area (Å²) < 4.78 is 20.8. The maximum atomic E-state index is 14.1. The lowest BCUT2D eigenvalue weighted by atomic mass is 10.1. The number of carbonyl (C=O) groups excluding carboxylic acids is 1. The van der Waals surface area contributed by atoms with E-state index in [0.717, 1.165) is 6.42 Å². The third kappa shape index (κ3) is 4.29. The number of aromatic nitrogens is 5. The first-order valence-electron chi connectivity index (χ1n) is 11.6. The summed E-state index contributed by atoms with van der Waals surface area (Å²) in [5.74, 6) is 1.71. The predicted molar refractivity (Wildman–Crippen MR) is 124 cm³/mol. The lowest BCUT2D eigenvalue weighted by Gasteiger charge is -2.42. The number of hydrogen-bond acceptors (Lipinski definition) is 9. The molecule has 2 saturated heterocycles. The molecule has 2 N–H and O–H groups in total. The van der Waals surface area contributed by atoms with Gasteiger partial charge in [0.1, 0.15) is 11.7 Å². The maximum Gasteiger partial charge on any atom is 0.259 e. The van der Waals surface area contributed by atoms with Gasteiger partial charge in [0.15, 0.2) is 5.76 Å². The molecular formula is C22H30FN9O2. The van der Waals surface area contributed by atoms with Gasteiger partial charge in [-0.3, -0.25) is 9.69 Å². The predicted octanol–water partition coefficient (Wildman–Crippen LogP) is 1.61. The number of halogens is 1. The molecule has 0 aliphatic carbocycles.